The van der Waals surface area contributed by atoms with E-state index in [1.807, 2.05) is 6.92 Å². The Balaban J connectivity index is 2.92. The summed E-state index contributed by atoms with van der Waals surface area (Å²) >= 11 is 1.50. The maximum absolute atomic E-state index is 11.8. The van der Waals surface area contributed by atoms with E-state index in [-0.39, 0.29) is 0 Å². The van der Waals surface area contributed by atoms with Gasteiger partial charge in [-0.2, -0.15) is 0 Å². The first-order valence-corrected chi connectivity index (χ1v) is 6.98. The highest BCUT2D eigenvalue weighted by Gasteiger charge is 2.15. The zero-order valence-electron chi connectivity index (χ0n) is 11.1. The first kappa shape index (κ1) is 15.5. The molecule has 1 aromatic heterocycles. The molecule has 0 aromatic carbocycles. The molecule has 0 radical (unpaired) electrons. The lowest BCUT2D eigenvalue weighted by atomic mass is 10.3. The van der Waals surface area contributed by atoms with Gasteiger partial charge in [-0.3, -0.25) is 0 Å². The van der Waals surface area contributed by atoms with Crippen LogP contribution in [0, 0.1) is 0 Å². The summed E-state index contributed by atoms with van der Waals surface area (Å²) in [6.07, 6.45) is 3.17. The van der Waals surface area contributed by atoms with Gasteiger partial charge in [-0.25, -0.2) is 20.2 Å². The van der Waals surface area contributed by atoms with Crippen LogP contribution in [0.15, 0.2) is 24.0 Å². The van der Waals surface area contributed by atoms with Gasteiger partial charge in [0.1, 0.15) is 5.56 Å². The second-order valence-electron chi connectivity index (χ2n) is 3.36. The maximum Gasteiger partial charge on any atom is 0.343 e. The molecule has 0 saturated heterocycles. The van der Waals surface area contributed by atoms with E-state index in [1.54, 1.807) is 13.0 Å². The third-order valence-corrected chi connectivity index (χ3v) is 2.73. The highest BCUT2D eigenvalue weighted by molar-refractivity contribution is 7.99. The normalized spacial score (nSPS) is 10.0. The van der Waals surface area contributed by atoms with Gasteiger partial charge < -0.3 is 10.2 Å². The van der Waals surface area contributed by atoms with Crippen LogP contribution in [-0.4, -0.2) is 34.8 Å². The number of hydrogen-bond acceptors (Lipinski definition) is 7. The largest absolute Gasteiger partial charge is 0.462 e. The quantitative estimate of drug-likeness (QED) is 0.188. The van der Waals surface area contributed by atoms with Crippen LogP contribution < -0.4 is 10.9 Å². The van der Waals surface area contributed by atoms with Crippen LogP contribution >= 0.6 is 11.8 Å². The molecular formula is C12H18N4O2S. The average molecular weight is 282 g/mol. The number of carbonyl (C=O) groups excluding carboxylic acids is 1. The lowest BCUT2D eigenvalue weighted by Gasteiger charge is -2.11. The van der Waals surface area contributed by atoms with Crippen molar-refractivity contribution in [3.63, 3.8) is 0 Å². The van der Waals surface area contributed by atoms with Crippen molar-refractivity contribution in [3.05, 3.63) is 24.4 Å². The second-order valence-corrected chi connectivity index (χ2v) is 4.59. The molecule has 6 nitrogen and oxygen atoms in total. The van der Waals surface area contributed by atoms with E-state index in [9.17, 15) is 4.79 Å². The first-order valence-electron chi connectivity index (χ1n) is 5.99. The fraction of sp³-hybridized carbons (Fsp3) is 0.417. The molecule has 19 heavy (non-hydrogen) atoms. The van der Waals surface area contributed by atoms with Crippen LogP contribution in [0.25, 0.3) is 0 Å². The fourth-order valence-electron chi connectivity index (χ4n) is 1.22. The number of anilines is 1. The minimum atomic E-state index is -0.446. The third kappa shape index (κ3) is 4.88. The lowest BCUT2D eigenvalue weighted by Crippen LogP contribution is -2.24. The summed E-state index contributed by atoms with van der Waals surface area (Å²) in [6, 6.07) is 0. The van der Waals surface area contributed by atoms with Crippen molar-refractivity contribution in [2.45, 2.75) is 19.0 Å². The minimum absolute atomic E-state index is 0.305. The average Bonchev–Trinajstić information content (AvgIpc) is 2.40. The molecule has 0 amide bonds. The summed E-state index contributed by atoms with van der Waals surface area (Å²) < 4.78 is 4.96. The Hall–Kier alpha value is -1.60. The molecule has 0 atom stereocenters. The molecule has 0 aliphatic carbocycles. The summed E-state index contributed by atoms with van der Waals surface area (Å²) in [6.45, 7) is 8.21. The van der Waals surface area contributed by atoms with Crippen molar-refractivity contribution in [1.29, 1.82) is 0 Å². The van der Waals surface area contributed by atoms with Crippen LogP contribution in [-0.2, 0) is 4.74 Å². The smallest absolute Gasteiger partial charge is 0.343 e. The Morgan fingerprint density at radius 3 is 3.00 bits per heavy atom. The summed E-state index contributed by atoms with van der Waals surface area (Å²) in [5.41, 5.74) is 6.05. The van der Waals surface area contributed by atoms with Gasteiger partial charge in [-0.05, 0) is 12.7 Å². The van der Waals surface area contributed by atoms with Crippen molar-refractivity contribution in [1.82, 2.24) is 15.4 Å². The van der Waals surface area contributed by atoms with Crippen molar-refractivity contribution < 1.29 is 9.53 Å². The molecule has 104 valence electrons. The molecule has 0 saturated carbocycles. The minimum Gasteiger partial charge on any atom is -0.462 e. The number of hydrogen-bond donors (Lipinski definition) is 2. The molecule has 0 fully saturated rings. The number of esters is 1. The summed E-state index contributed by atoms with van der Waals surface area (Å²) in [4.78, 5) is 20.2. The zero-order chi connectivity index (χ0) is 14.1. The Labute approximate surface area is 117 Å². The number of ether oxygens (including phenoxy) is 1. The van der Waals surface area contributed by atoms with Crippen LogP contribution in [0.2, 0.25) is 0 Å². The van der Waals surface area contributed by atoms with Gasteiger partial charge in [0.15, 0.2) is 11.0 Å². The summed E-state index contributed by atoms with van der Waals surface area (Å²) in [5.74, 6) is 0.822. The van der Waals surface area contributed by atoms with Crippen molar-refractivity contribution in [2.24, 2.45) is 0 Å². The second kappa shape index (κ2) is 8.49. The van der Waals surface area contributed by atoms with E-state index in [2.05, 4.69) is 27.4 Å². The highest BCUT2D eigenvalue weighted by Crippen LogP contribution is 2.18. The Morgan fingerprint density at radius 2 is 2.37 bits per heavy atom. The van der Waals surface area contributed by atoms with Crippen LogP contribution in [0.1, 0.15) is 24.2 Å². The molecule has 0 aliphatic heterocycles. The maximum atomic E-state index is 11.8. The van der Waals surface area contributed by atoms with Crippen LogP contribution in [0.4, 0.5) is 5.82 Å². The fourth-order valence-corrected chi connectivity index (χ4v) is 1.77. The van der Waals surface area contributed by atoms with Crippen molar-refractivity contribution in [3.8, 4) is 0 Å². The Kier molecular flexibility index (Phi) is 6.91. The van der Waals surface area contributed by atoms with Gasteiger partial charge in [0.05, 0.1) is 6.61 Å². The van der Waals surface area contributed by atoms with Gasteiger partial charge in [-0.1, -0.05) is 24.8 Å². The van der Waals surface area contributed by atoms with Gasteiger partial charge >= 0.3 is 5.97 Å². The molecule has 1 aromatic rings. The molecule has 2 N–H and O–H groups in total. The third-order valence-electron chi connectivity index (χ3n) is 1.99. The lowest BCUT2D eigenvalue weighted by molar-refractivity contribution is 0.0526. The molecule has 0 unspecified atom stereocenters. The number of aromatic nitrogens is 2. The van der Waals surface area contributed by atoms with E-state index in [0.29, 0.717) is 29.7 Å². The molecule has 0 spiro atoms. The summed E-state index contributed by atoms with van der Waals surface area (Å²) in [5, 5.41) is 0.610. The number of nitrogens with one attached hydrogen (secondary N) is 2. The van der Waals surface area contributed by atoms with Gasteiger partial charge in [0.2, 0.25) is 0 Å². The molecule has 1 rings (SSSR count). The van der Waals surface area contributed by atoms with Gasteiger partial charge in [0.25, 0.3) is 0 Å². The van der Waals surface area contributed by atoms with Gasteiger partial charge in [-0.15, -0.1) is 6.58 Å². The molecule has 0 bridgehead atoms. The van der Waals surface area contributed by atoms with E-state index in [0.717, 1.165) is 5.75 Å². The number of thioether (sulfide) groups is 1. The van der Waals surface area contributed by atoms with Crippen LogP contribution in [0.3, 0.4) is 0 Å². The first-order chi connectivity index (χ1) is 9.22. The monoisotopic (exact) mass is 282 g/mol. The van der Waals surface area contributed by atoms with E-state index >= 15 is 0 Å². The Morgan fingerprint density at radius 1 is 1.58 bits per heavy atom. The standard InChI is InChI=1S/C12H18N4O2S/c1-4-7-14-16-10-9(11(17)18-5-2)8-13-12(15-10)19-6-3/h4,8,14H,1,5-7H2,2-3H3,(H,13,15,16). The molecule has 7 heteroatoms. The van der Waals surface area contributed by atoms with E-state index < -0.39 is 5.97 Å². The molecule has 1 heterocycles. The topological polar surface area (TPSA) is 76.1 Å². The van der Waals surface area contributed by atoms with Crippen molar-refractivity contribution in [2.75, 3.05) is 24.3 Å². The number of rotatable bonds is 8. The Bertz CT molecular complexity index is 440. The number of hydrazine groups is 1. The highest BCUT2D eigenvalue weighted by atomic mass is 32.2. The van der Waals surface area contributed by atoms with Gasteiger partial charge in [0, 0.05) is 12.7 Å². The van der Waals surface area contributed by atoms with E-state index in [1.165, 1.54) is 18.0 Å². The summed E-state index contributed by atoms with van der Waals surface area (Å²) in [7, 11) is 0. The number of carbonyl (C=O) groups is 1. The SMILES string of the molecule is C=CCNNc1nc(SCC)ncc1C(=O)OCC. The zero-order valence-corrected chi connectivity index (χ0v) is 11.9. The number of nitrogens with zero attached hydrogens (tertiary/aromatic N) is 2. The van der Waals surface area contributed by atoms with E-state index in [4.69, 9.17) is 4.74 Å². The molecule has 0 aliphatic rings. The van der Waals surface area contributed by atoms with Crippen LogP contribution in [0.5, 0.6) is 0 Å². The predicted octanol–water partition coefficient (Wildman–Crippen LogP) is 1.87. The van der Waals surface area contributed by atoms with Crippen molar-refractivity contribution >= 4 is 23.5 Å². The predicted molar refractivity (Wildman–Crippen MR) is 76.2 cm³/mol. The molecular weight excluding hydrogens is 264 g/mol.